The number of aromatic nitrogens is 3. The Kier molecular flexibility index (Phi) is 5.68. The van der Waals surface area contributed by atoms with Gasteiger partial charge in [-0.15, -0.1) is 0 Å². The molecular weight excluding hydrogens is 540 g/mol. The quantitative estimate of drug-likeness (QED) is 0.308. The molecule has 0 amide bonds. The van der Waals surface area contributed by atoms with Crippen LogP contribution in [0.5, 0.6) is 5.75 Å². The zero-order chi connectivity index (χ0) is 25.0. The second-order valence-corrected chi connectivity index (χ2v) is 11.6. The molecule has 1 N–H and O–H groups in total. The number of allylic oxidation sites excluding steroid dienone is 2. The molecule has 10 heteroatoms. The maximum atomic E-state index is 16.0. The molecule has 2 heterocycles. The summed E-state index contributed by atoms with van der Waals surface area (Å²) in [7, 11) is -4.23. The maximum Gasteiger partial charge on any atom is 0.251 e. The number of aryl methyl sites for hydroxylation is 1. The van der Waals surface area contributed by atoms with Gasteiger partial charge in [-0.1, -0.05) is 24.3 Å². The van der Waals surface area contributed by atoms with Gasteiger partial charge in [-0.3, -0.25) is 5.10 Å². The lowest BCUT2D eigenvalue weighted by molar-refractivity contribution is 0.375. The Morgan fingerprint density at radius 2 is 1.94 bits per heavy atom. The van der Waals surface area contributed by atoms with Gasteiger partial charge in [-0.25, -0.2) is 21.2 Å². The minimum Gasteiger partial charge on any atom is -0.453 e. The molecule has 6 nitrogen and oxygen atoms in total. The second kappa shape index (κ2) is 8.46. The van der Waals surface area contributed by atoms with Crippen molar-refractivity contribution in [2.24, 2.45) is 0 Å². The van der Waals surface area contributed by atoms with Gasteiger partial charge in [0, 0.05) is 17.1 Å². The molecule has 35 heavy (non-hydrogen) atoms. The maximum absolute atomic E-state index is 16.0. The largest absolute Gasteiger partial charge is 0.453 e. The van der Waals surface area contributed by atoms with Crippen LogP contribution in [-0.2, 0) is 10.0 Å². The molecule has 0 bridgehead atoms. The fraction of sp³-hybridized carbons (Fsp3) is 0.160. The van der Waals surface area contributed by atoms with E-state index in [1.165, 1.54) is 31.3 Å². The van der Waals surface area contributed by atoms with Crippen molar-refractivity contribution >= 4 is 36.9 Å². The number of para-hydroxylation sites is 1. The molecule has 0 radical (unpaired) electrons. The van der Waals surface area contributed by atoms with E-state index in [0.717, 1.165) is 14.9 Å². The summed E-state index contributed by atoms with van der Waals surface area (Å²) in [6.45, 7) is 3.10. The van der Waals surface area contributed by atoms with Crippen LogP contribution in [0.3, 0.4) is 0 Å². The van der Waals surface area contributed by atoms with E-state index >= 15 is 4.39 Å². The summed E-state index contributed by atoms with van der Waals surface area (Å²) in [5.41, 5.74) is 1.84. The van der Waals surface area contributed by atoms with Crippen molar-refractivity contribution in [3.63, 3.8) is 0 Å². The van der Waals surface area contributed by atoms with E-state index in [2.05, 4.69) is 26.1 Å². The fourth-order valence-electron chi connectivity index (χ4n) is 4.10. The standard InChI is InChI=1S/C25H20BrF2N3O3S/c1-15-14-29-30-22(15)18-13-17(7-8-20(18)27)34-23-19(26)9-11-25(2,24(23)28)35(32,33)31-12-10-16-5-3-4-6-21(16)31/h3-10,12-14H,11H2,1-2H3,(H,29,30). The first-order valence-electron chi connectivity index (χ1n) is 10.7. The van der Waals surface area contributed by atoms with E-state index in [-0.39, 0.29) is 28.0 Å². The van der Waals surface area contributed by atoms with Crippen molar-refractivity contribution in [2.45, 2.75) is 25.0 Å². The number of nitrogens with zero attached hydrogens (tertiary/aromatic N) is 2. The number of nitrogens with one attached hydrogen (secondary N) is 1. The van der Waals surface area contributed by atoms with Crippen LogP contribution in [0.15, 0.2) is 83.1 Å². The Balaban J connectivity index is 1.58. The molecule has 0 fully saturated rings. The number of fused-ring (bicyclic) bond motifs is 1. The van der Waals surface area contributed by atoms with Crippen molar-refractivity contribution in [3.8, 4) is 17.0 Å². The van der Waals surface area contributed by atoms with Gasteiger partial charge in [-0.2, -0.15) is 5.10 Å². The summed E-state index contributed by atoms with van der Waals surface area (Å²) < 4.78 is 63.3. The van der Waals surface area contributed by atoms with Crippen molar-refractivity contribution < 1.29 is 21.9 Å². The highest BCUT2D eigenvalue weighted by Gasteiger charge is 2.49. The molecule has 1 aliphatic carbocycles. The Morgan fingerprint density at radius 3 is 2.69 bits per heavy atom. The van der Waals surface area contributed by atoms with Gasteiger partial charge in [0.1, 0.15) is 16.3 Å². The van der Waals surface area contributed by atoms with Crippen LogP contribution in [0.4, 0.5) is 8.78 Å². The highest BCUT2D eigenvalue weighted by Crippen LogP contribution is 2.44. The molecular formula is C25H20BrF2N3O3S. The van der Waals surface area contributed by atoms with Crippen LogP contribution in [0.25, 0.3) is 22.2 Å². The Morgan fingerprint density at radius 1 is 1.17 bits per heavy atom. The molecule has 1 aliphatic rings. The highest BCUT2D eigenvalue weighted by atomic mass is 79.9. The lowest BCUT2D eigenvalue weighted by atomic mass is 9.99. The van der Waals surface area contributed by atoms with E-state index in [1.807, 2.05) is 0 Å². The molecule has 0 saturated carbocycles. The molecule has 2 aromatic heterocycles. The molecule has 180 valence electrons. The van der Waals surface area contributed by atoms with Gasteiger partial charge >= 0.3 is 0 Å². The van der Waals surface area contributed by atoms with Gasteiger partial charge in [0.25, 0.3) is 10.0 Å². The van der Waals surface area contributed by atoms with Gasteiger partial charge in [0.05, 0.1) is 21.9 Å². The number of ether oxygens (including phenoxy) is 1. The average Bonchev–Trinajstić information content (AvgIpc) is 3.47. The van der Waals surface area contributed by atoms with Crippen molar-refractivity contribution in [1.82, 2.24) is 14.2 Å². The summed E-state index contributed by atoms with van der Waals surface area (Å²) in [6, 6.07) is 12.6. The fourth-order valence-corrected chi connectivity index (χ4v) is 6.21. The number of rotatable bonds is 5. The van der Waals surface area contributed by atoms with Gasteiger partial charge in [-0.05, 0) is 72.1 Å². The molecule has 2 aromatic carbocycles. The van der Waals surface area contributed by atoms with Crippen LogP contribution in [-0.4, -0.2) is 27.3 Å². The van der Waals surface area contributed by atoms with Crippen molar-refractivity contribution in [2.75, 3.05) is 0 Å². The number of H-pyrrole nitrogens is 1. The Hall–Kier alpha value is -3.24. The first-order valence-corrected chi connectivity index (χ1v) is 12.9. The summed E-state index contributed by atoms with van der Waals surface area (Å²) in [4.78, 5) is 0. The number of aromatic amines is 1. The second-order valence-electron chi connectivity index (χ2n) is 8.48. The van der Waals surface area contributed by atoms with Gasteiger partial charge in [0.2, 0.25) is 0 Å². The molecule has 4 aromatic rings. The first-order chi connectivity index (χ1) is 16.6. The summed E-state index contributed by atoms with van der Waals surface area (Å²) in [5, 5.41) is 7.38. The number of hydrogen-bond donors (Lipinski definition) is 1. The molecule has 0 spiro atoms. The average molecular weight is 560 g/mol. The summed E-state index contributed by atoms with van der Waals surface area (Å²) >= 11 is 3.29. The van der Waals surface area contributed by atoms with Gasteiger partial charge in [0.15, 0.2) is 11.6 Å². The molecule has 5 rings (SSSR count). The van der Waals surface area contributed by atoms with Crippen LogP contribution in [0.2, 0.25) is 0 Å². The minimum absolute atomic E-state index is 0.108. The molecule has 0 aliphatic heterocycles. The topological polar surface area (TPSA) is 77.0 Å². The number of benzene rings is 2. The minimum atomic E-state index is -4.23. The van der Waals surface area contributed by atoms with E-state index < -0.39 is 26.4 Å². The lowest BCUT2D eigenvalue weighted by Gasteiger charge is -2.31. The van der Waals surface area contributed by atoms with E-state index in [9.17, 15) is 12.8 Å². The highest BCUT2D eigenvalue weighted by molar-refractivity contribution is 9.12. The van der Waals surface area contributed by atoms with Crippen LogP contribution in [0.1, 0.15) is 18.9 Å². The zero-order valence-electron chi connectivity index (χ0n) is 18.7. The smallest absolute Gasteiger partial charge is 0.251 e. The summed E-state index contributed by atoms with van der Waals surface area (Å²) in [6.07, 6.45) is 4.44. The first kappa shape index (κ1) is 23.5. The third-order valence-electron chi connectivity index (χ3n) is 6.20. The van der Waals surface area contributed by atoms with Crippen molar-refractivity contribution in [1.29, 1.82) is 0 Å². The van der Waals surface area contributed by atoms with Crippen molar-refractivity contribution in [3.05, 3.63) is 94.4 Å². The number of halogens is 3. The zero-order valence-corrected chi connectivity index (χ0v) is 21.1. The Bertz CT molecular complexity index is 1640. The lowest BCUT2D eigenvalue weighted by Crippen LogP contribution is -2.42. The molecule has 0 saturated heterocycles. The normalized spacial score (nSPS) is 18.7. The van der Waals surface area contributed by atoms with E-state index in [0.29, 0.717) is 11.2 Å². The third kappa shape index (κ3) is 3.71. The van der Waals surface area contributed by atoms with E-state index in [1.54, 1.807) is 49.5 Å². The Labute approximate surface area is 209 Å². The third-order valence-corrected chi connectivity index (χ3v) is 9.20. The monoisotopic (exact) mass is 559 g/mol. The van der Waals surface area contributed by atoms with Crippen LogP contribution in [0, 0.1) is 12.7 Å². The predicted molar refractivity (Wildman–Crippen MR) is 134 cm³/mol. The van der Waals surface area contributed by atoms with E-state index in [4.69, 9.17) is 4.74 Å². The summed E-state index contributed by atoms with van der Waals surface area (Å²) in [5.74, 6) is -1.60. The predicted octanol–water partition coefficient (Wildman–Crippen LogP) is 6.36. The SMILES string of the molecule is Cc1cn[nH]c1-c1cc(OC2=C(F)C(C)(S(=O)(=O)n3ccc4ccccc43)CC=C2Br)ccc1F. The van der Waals surface area contributed by atoms with Crippen LogP contribution >= 0.6 is 15.9 Å². The van der Waals surface area contributed by atoms with Gasteiger partial charge < -0.3 is 4.74 Å². The molecule has 1 atom stereocenters. The molecule has 1 unspecified atom stereocenters. The van der Waals surface area contributed by atoms with Crippen LogP contribution < -0.4 is 4.74 Å². The number of hydrogen-bond acceptors (Lipinski definition) is 4.